The number of hydrogen-bond donors (Lipinski definition) is 0. The molecule has 0 radical (unpaired) electrons. The van der Waals surface area contributed by atoms with E-state index < -0.39 is 0 Å². The van der Waals surface area contributed by atoms with Crippen LogP contribution in [-0.4, -0.2) is 35.9 Å². The van der Waals surface area contributed by atoms with Gasteiger partial charge in [-0.05, 0) is 34.1 Å². The first-order chi connectivity index (χ1) is 8.02. The van der Waals surface area contributed by atoms with Crippen LogP contribution in [0.3, 0.4) is 0 Å². The van der Waals surface area contributed by atoms with Crippen molar-refractivity contribution in [2.75, 3.05) is 13.1 Å². The van der Waals surface area contributed by atoms with Crippen molar-refractivity contribution in [2.45, 2.75) is 34.1 Å². The molecular weight excluding hydrogens is 220 g/mol. The summed E-state index contributed by atoms with van der Waals surface area (Å²) in [4.78, 5) is 8.36. The summed E-state index contributed by atoms with van der Waals surface area (Å²) in [6, 6.07) is 0. The van der Waals surface area contributed by atoms with Gasteiger partial charge in [0.25, 0.3) is 0 Å². The SMILES string of the molecule is CC(=N[O-])C(C)=NCCCN=C(C)C(C)=N[O-]. The zero-order valence-corrected chi connectivity index (χ0v) is 10.7. The van der Waals surface area contributed by atoms with Crippen molar-refractivity contribution in [1.29, 1.82) is 0 Å². The third kappa shape index (κ3) is 6.44. The van der Waals surface area contributed by atoms with Gasteiger partial charge in [0.1, 0.15) is 0 Å². The summed E-state index contributed by atoms with van der Waals surface area (Å²) in [5.74, 6) is 0. The summed E-state index contributed by atoms with van der Waals surface area (Å²) in [7, 11) is 0. The van der Waals surface area contributed by atoms with Crippen molar-refractivity contribution in [3.8, 4) is 0 Å². The van der Waals surface area contributed by atoms with Gasteiger partial charge in [-0.3, -0.25) is 9.98 Å². The summed E-state index contributed by atoms with van der Waals surface area (Å²) >= 11 is 0. The minimum Gasteiger partial charge on any atom is -0.792 e. The number of rotatable bonds is 6. The average Bonchev–Trinajstić information content (AvgIpc) is 2.35. The second kappa shape index (κ2) is 8.43. The standard InChI is InChI=1S/C11H20N4O2/c1-8(10(3)14-16)12-6-5-7-13-9(2)11(4)15-17/h16-17H,5-7H2,1-4H3/p-2. The van der Waals surface area contributed by atoms with Crippen LogP contribution < -0.4 is 0 Å². The monoisotopic (exact) mass is 238 g/mol. The predicted molar refractivity (Wildman–Crippen MR) is 73.5 cm³/mol. The lowest BCUT2D eigenvalue weighted by molar-refractivity contribution is 0.847. The van der Waals surface area contributed by atoms with E-state index in [2.05, 4.69) is 20.3 Å². The fourth-order valence-corrected chi connectivity index (χ4v) is 0.925. The Bertz CT molecular complexity index is 322. The lowest BCUT2D eigenvalue weighted by atomic mass is 10.3. The van der Waals surface area contributed by atoms with Crippen LogP contribution in [0.4, 0.5) is 0 Å². The molecule has 0 fully saturated rings. The Morgan fingerprint density at radius 3 is 1.35 bits per heavy atom. The topological polar surface area (TPSA) is 95.6 Å². The van der Waals surface area contributed by atoms with Gasteiger partial charge in [0.15, 0.2) is 0 Å². The third-order valence-electron chi connectivity index (χ3n) is 2.34. The first kappa shape index (κ1) is 15.3. The highest BCUT2D eigenvalue weighted by molar-refractivity contribution is 6.41. The molecule has 0 aliphatic heterocycles. The highest BCUT2D eigenvalue weighted by atomic mass is 16.4. The molecule has 0 atom stereocenters. The molecule has 0 heterocycles. The first-order valence-corrected chi connectivity index (χ1v) is 5.39. The van der Waals surface area contributed by atoms with Crippen LogP contribution in [0.5, 0.6) is 0 Å². The highest BCUT2D eigenvalue weighted by Crippen LogP contribution is 1.91. The summed E-state index contributed by atoms with van der Waals surface area (Å²) in [5, 5.41) is 26.0. The molecule has 0 N–H and O–H groups in total. The van der Waals surface area contributed by atoms with E-state index in [1.54, 1.807) is 27.7 Å². The van der Waals surface area contributed by atoms with E-state index >= 15 is 0 Å². The predicted octanol–water partition coefficient (Wildman–Crippen LogP) is 2.22. The van der Waals surface area contributed by atoms with E-state index in [9.17, 15) is 10.4 Å². The Hall–Kier alpha value is -1.72. The van der Waals surface area contributed by atoms with Gasteiger partial charge in [0.05, 0.1) is 11.4 Å². The Kier molecular flexibility index (Phi) is 7.58. The summed E-state index contributed by atoms with van der Waals surface area (Å²) in [6.07, 6.45) is 0.757. The molecule has 0 aromatic carbocycles. The van der Waals surface area contributed by atoms with E-state index in [1.165, 1.54) is 0 Å². The lowest BCUT2D eigenvalue weighted by Crippen LogP contribution is -2.07. The quantitative estimate of drug-likeness (QED) is 0.403. The van der Waals surface area contributed by atoms with Crippen LogP contribution in [0, 0.1) is 10.4 Å². The molecule has 17 heavy (non-hydrogen) atoms. The van der Waals surface area contributed by atoms with Crippen LogP contribution in [-0.2, 0) is 0 Å². The molecule has 6 nitrogen and oxygen atoms in total. The minimum atomic E-state index is 0.402. The van der Waals surface area contributed by atoms with Crippen molar-refractivity contribution in [3.63, 3.8) is 0 Å². The molecule has 0 amide bonds. The molecule has 0 unspecified atom stereocenters. The van der Waals surface area contributed by atoms with Crippen LogP contribution in [0.15, 0.2) is 20.3 Å². The highest BCUT2D eigenvalue weighted by Gasteiger charge is 1.94. The molecule has 0 spiro atoms. The molecule has 0 bridgehead atoms. The zero-order valence-electron chi connectivity index (χ0n) is 10.7. The Balaban J connectivity index is 4.03. The molecule has 0 aromatic rings. The van der Waals surface area contributed by atoms with Gasteiger partial charge in [-0.25, -0.2) is 0 Å². The molecule has 6 heteroatoms. The second-order valence-electron chi connectivity index (χ2n) is 3.64. The third-order valence-corrected chi connectivity index (χ3v) is 2.34. The molecule has 0 saturated carbocycles. The van der Waals surface area contributed by atoms with Crippen molar-refractivity contribution >= 4 is 22.8 Å². The Morgan fingerprint density at radius 2 is 1.06 bits per heavy atom. The molecule has 0 aliphatic rings. The van der Waals surface area contributed by atoms with Gasteiger partial charge >= 0.3 is 0 Å². The molecule has 0 rings (SSSR count). The summed E-state index contributed by atoms with van der Waals surface area (Å²) in [6.45, 7) is 7.93. The van der Waals surface area contributed by atoms with E-state index in [4.69, 9.17) is 0 Å². The van der Waals surface area contributed by atoms with E-state index in [1.807, 2.05) is 0 Å². The maximum Gasteiger partial charge on any atom is 0.0520 e. The van der Waals surface area contributed by atoms with Crippen LogP contribution in [0.2, 0.25) is 0 Å². The van der Waals surface area contributed by atoms with Gasteiger partial charge < -0.3 is 20.7 Å². The van der Waals surface area contributed by atoms with Crippen molar-refractivity contribution < 1.29 is 0 Å². The van der Waals surface area contributed by atoms with E-state index in [0.29, 0.717) is 35.9 Å². The molecule has 0 aromatic heterocycles. The van der Waals surface area contributed by atoms with Gasteiger partial charge in [0, 0.05) is 24.5 Å². The van der Waals surface area contributed by atoms with Gasteiger partial charge in [-0.15, -0.1) is 0 Å². The van der Waals surface area contributed by atoms with Crippen molar-refractivity contribution in [3.05, 3.63) is 10.4 Å². The molecule has 96 valence electrons. The Labute approximate surface area is 101 Å². The fourth-order valence-electron chi connectivity index (χ4n) is 0.925. The molecule has 0 saturated heterocycles. The van der Waals surface area contributed by atoms with E-state index in [0.717, 1.165) is 6.42 Å². The van der Waals surface area contributed by atoms with E-state index in [-0.39, 0.29) is 0 Å². The van der Waals surface area contributed by atoms with Crippen LogP contribution >= 0.6 is 0 Å². The largest absolute Gasteiger partial charge is 0.792 e. The van der Waals surface area contributed by atoms with Crippen molar-refractivity contribution in [2.24, 2.45) is 20.3 Å². The molecule has 0 aliphatic carbocycles. The van der Waals surface area contributed by atoms with Crippen LogP contribution in [0.25, 0.3) is 0 Å². The number of aliphatic imine (C=N–C) groups is 2. The fraction of sp³-hybridized carbons (Fsp3) is 0.636. The smallest absolute Gasteiger partial charge is 0.0520 e. The average molecular weight is 238 g/mol. The molecular formula is C11H18N4O2-2. The minimum absolute atomic E-state index is 0.402. The number of hydrogen-bond acceptors (Lipinski definition) is 6. The Morgan fingerprint density at radius 1 is 0.706 bits per heavy atom. The van der Waals surface area contributed by atoms with Crippen LogP contribution in [0.1, 0.15) is 34.1 Å². The second-order valence-corrected chi connectivity index (χ2v) is 3.64. The van der Waals surface area contributed by atoms with Crippen molar-refractivity contribution in [1.82, 2.24) is 0 Å². The summed E-state index contributed by atoms with van der Waals surface area (Å²) < 4.78 is 0. The van der Waals surface area contributed by atoms with Gasteiger partial charge in [-0.1, -0.05) is 0 Å². The summed E-state index contributed by atoms with van der Waals surface area (Å²) in [5.41, 5.74) is 2.11. The maximum atomic E-state index is 10.2. The zero-order chi connectivity index (χ0) is 13.3. The number of nitrogens with zero attached hydrogens (tertiary/aromatic N) is 4. The normalized spacial score (nSPS) is 15.3. The lowest BCUT2D eigenvalue weighted by Gasteiger charge is -2.03. The van der Waals surface area contributed by atoms with Gasteiger partial charge in [-0.2, -0.15) is 0 Å². The maximum absolute atomic E-state index is 10.2. The van der Waals surface area contributed by atoms with Gasteiger partial charge in [0.2, 0.25) is 0 Å². The first-order valence-electron chi connectivity index (χ1n) is 5.39.